The fourth-order valence-corrected chi connectivity index (χ4v) is 1.36. The van der Waals surface area contributed by atoms with Gasteiger partial charge in [-0.05, 0) is 18.6 Å². The van der Waals surface area contributed by atoms with Crippen LogP contribution in [0.5, 0.6) is 5.75 Å². The number of hydrogen-bond acceptors (Lipinski definition) is 2. The van der Waals surface area contributed by atoms with Crippen molar-refractivity contribution in [3.8, 4) is 5.75 Å². The minimum atomic E-state index is -0.570. The van der Waals surface area contributed by atoms with Crippen molar-refractivity contribution in [2.75, 3.05) is 20.3 Å². The number of methoxy groups -OCH3 is 1. The number of ether oxygens (including phenoxy) is 1. The summed E-state index contributed by atoms with van der Waals surface area (Å²) in [7, 11) is 1.51. The molecule has 1 aromatic carbocycles. The lowest BCUT2D eigenvalue weighted by Crippen LogP contribution is -2.26. The summed E-state index contributed by atoms with van der Waals surface area (Å²) in [5, 5.41) is 2.46. The highest BCUT2D eigenvalue weighted by Crippen LogP contribution is 2.22. The molecular weight excluding hydrogens is 197 g/mol. The summed E-state index contributed by atoms with van der Waals surface area (Å²) in [6.07, 6.45) is 0. The van der Waals surface area contributed by atoms with E-state index in [-0.39, 0.29) is 12.5 Å². The first kappa shape index (κ1) is 11.5. The number of carbonyl (C=O) groups excluding carboxylic acids is 1. The van der Waals surface area contributed by atoms with Crippen molar-refractivity contribution in [1.82, 2.24) is 5.32 Å². The second-order valence-corrected chi connectivity index (χ2v) is 3.10. The number of nitrogens with one attached hydrogen (secondary N) is 1. The Morgan fingerprint density at radius 3 is 2.87 bits per heavy atom. The standard InChI is InChI=1S/C11H14FNO2/c1-8-4-3-5-9(10(8)15-2)11(14)13-7-6-12/h3-5H,6-7H2,1-2H3,(H,13,14). The maximum absolute atomic E-state index is 11.9. The van der Waals surface area contributed by atoms with Crippen molar-refractivity contribution in [2.24, 2.45) is 0 Å². The molecule has 0 aliphatic rings. The second kappa shape index (κ2) is 5.34. The number of para-hydroxylation sites is 1. The quantitative estimate of drug-likeness (QED) is 0.823. The van der Waals surface area contributed by atoms with Crippen LogP contribution in [0.15, 0.2) is 18.2 Å². The van der Waals surface area contributed by atoms with Gasteiger partial charge in [-0.15, -0.1) is 0 Å². The molecule has 0 heterocycles. The number of rotatable bonds is 4. The third kappa shape index (κ3) is 2.68. The Labute approximate surface area is 88.2 Å². The predicted molar refractivity (Wildman–Crippen MR) is 56.0 cm³/mol. The minimum absolute atomic E-state index is 0.0237. The SMILES string of the molecule is COc1c(C)cccc1C(=O)NCCF. The molecule has 3 nitrogen and oxygen atoms in total. The molecule has 0 aliphatic carbocycles. The molecule has 0 radical (unpaired) electrons. The number of hydrogen-bond donors (Lipinski definition) is 1. The molecule has 0 saturated carbocycles. The second-order valence-electron chi connectivity index (χ2n) is 3.10. The number of halogens is 1. The van der Waals surface area contributed by atoms with Gasteiger partial charge in [-0.1, -0.05) is 12.1 Å². The van der Waals surface area contributed by atoms with E-state index in [1.807, 2.05) is 13.0 Å². The summed E-state index contributed by atoms with van der Waals surface area (Å²) in [5.74, 6) is 0.224. The molecule has 1 aromatic rings. The molecular formula is C11H14FNO2. The van der Waals surface area contributed by atoms with Crippen LogP contribution in [0.3, 0.4) is 0 Å². The molecule has 1 N–H and O–H groups in total. The molecule has 1 rings (SSSR count). The van der Waals surface area contributed by atoms with Gasteiger partial charge < -0.3 is 10.1 Å². The molecule has 0 unspecified atom stereocenters. The van der Waals surface area contributed by atoms with Gasteiger partial charge in [0, 0.05) is 6.54 Å². The molecule has 0 spiro atoms. The molecule has 0 aliphatic heterocycles. The zero-order chi connectivity index (χ0) is 11.3. The maximum atomic E-state index is 11.9. The fraction of sp³-hybridized carbons (Fsp3) is 0.364. The van der Waals surface area contributed by atoms with Crippen molar-refractivity contribution < 1.29 is 13.9 Å². The third-order valence-corrected chi connectivity index (χ3v) is 2.04. The summed E-state index contributed by atoms with van der Waals surface area (Å²) in [6.45, 7) is 1.31. The minimum Gasteiger partial charge on any atom is -0.496 e. The van der Waals surface area contributed by atoms with Crippen LogP contribution in [0.2, 0.25) is 0 Å². The highest BCUT2D eigenvalue weighted by molar-refractivity contribution is 5.97. The number of carbonyl (C=O) groups is 1. The van der Waals surface area contributed by atoms with Gasteiger partial charge in [0.05, 0.1) is 12.7 Å². The van der Waals surface area contributed by atoms with Crippen molar-refractivity contribution in [2.45, 2.75) is 6.92 Å². The first-order chi connectivity index (χ1) is 7.20. The first-order valence-electron chi connectivity index (χ1n) is 4.68. The van der Waals surface area contributed by atoms with E-state index < -0.39 is 6.67 Å². The Morgan fingerprint density at radius 2 is 2.27 bits per heavy atom. The fourth-order valence-electron chi connectivity index (χ4n) is 1.36. The topological polar surface area (TPSA) is 38.3 Å². The smallest absolute Gasteiger partial charge is 0.255 e. The van der Waals surface area contributed by atoms with E-state index in [9.17, 15) is 9.18 Å². The Bertz CT molecular complexity index is 352. The van der Waals surface area contributed by atoms with Gasteiger partial charge in [-0.3, -0.25) is 4.79 Å². The van der Waals surface area contributed by atoms with Crippen LogP contribution >= 0.6 is 0 Å². The Morgan fingerprint density at radius 1 is 1.53 bits per heavy atom. The number of benzene rings is 1. The van der Waals surface area contributed by atoms with Crippen molar-refractivity contribution in [3.63, 3.8) is 0 Å². The summed E-state index contributed by atoms with van der Waals surface area (Å²) in [4.78, 5) is 11.6. The normalized spacial score (nSPS) is 9.80. The Kier molecular flexibility index (Phi) is 4.09. The highest BCUT2D eigenvalue weighted by atomic mass is 19.1. The highest BCUT2D eigenvalue weighted by Gasteiger charge is 2.12. The predicted octanol–water partition coefficient (Wildman–Crippen LogP) is 1.70. The lowest BCUT2D eigenvalue weighted by Gasteiger charge is -2.10. The number of aryl methyl sites for hydroxylation is 1. The molecule has 0 fully saturated rings. The van der Waals surface area contributed by atoms with Crippen molar-refractivity contribution in [3.05, 3.63) is 29.3 Å². The van der Waals surface area contributed by atoms with Crippen LogP contribution in [0.25, 0.3) is 0 Å². The van der Waals surface area contributed by atoms with Crippen LogP contribution in [0, 0.1) is 6.92 Å². The largest absolute Gasteiger partial charge is 0.496 e. The molecule has 0 aromatic heterocycles. The number of alkyl halides is 1. The molecule has 0 saturated heterocycles. The zero-order valence-electron chi connectivity index (χ0n) is 8.84. The van der Waals surface area contributed by atoms with E-state index in [1.54, 1.807) is 12.1 Å². The van der Waals surface area contributed by atoms with Gasteiger partial charge in [0.2, 0.25) is 0 Å². The van der Waals surface area contributed by atoms with E-state index >= 15 is 0 Å². The van der Waals surface area contributed by atoms with Crippen molar-refractivity contribution in [1.29, 1.82) is 0 Å². The average Bonchev–Trinajstić information content (AvgIpc) is 2.25. The lowest BCUT2D eigenvalue weighted by molar-refractivity contribution is 0.0947. The Hall–Kier alpha value is -1.58. The van der Waals surface area contributed by atoms with Crippen LogP contribution in [0.4, 0.5) is 4.39 Å². The molecule has 0 bridgehead atoms. The van der Waals surface area contributed by atoms with Crippen LogP contribution in [-0.2, 0) is 0 Å². The monoisotopic (exact) mass is 211 g/mol. The van der Waals surface area contributed by atoms with Crippen LogP contribution in [0.1, 0.15) is 15.9 Å². The van der Waals surface area contributed by atoms with Gasteiger partial charge in [0.25, 0.3) is 5.91 Å². The molecule has 1 amide bonds. The van der Waals surface area contributed by atoms with Crippen LogP contribution < -0.4 is 10.1 Å². The average molecular weight is 211 g/mol. The zero-order valence-corrected chi connectivity index (χ0v) is 8.84. The van der Waals surface area contributed by atoms with E-state index in [4.69, 9.17) is 4.74 Å². The molecule has 0 atom stereocenters. The lowest BCUT2D eigenvalue weighted by atomic mass is 10.1. The van der Waals surface area contributed by atoms with Crippen molar-refractivity contribution >= 4 is 5.91 Å². The van der Waals surface area contributed by atoms with Gasteiger partial charge >= 0.3 is 0 Å². The van der Waals surface area contributed by atoms with E-state index in [1.165, 1.54) is 7.11 Å². The van der Waals surface area contributed by atoms with Gasteiger partial charge in [0.15, 0.2) is 0 Å². The summed E-state index contributed by atoms with van der Waals surface area (Å²) >= 11 is 0. The maximum Gasteiger partial charge on any atom is 0.255 e. The van der Waals surface area contributed by atoms with E-state index in [2.05, 4.69) is 5.32 Å². The molecule has 15 heavy (non-hydrogen) atoms. The summed E-state index contributed by atoms with van der Waals surface area (Å²) in [6, 6.07) is 5.27. The Balaban J connectivity index is 2.92. The van der Waals surface area contributed by atoms with Gasteiger partial charge in [-0.25, -0.2) is 4.39 Å². The van der Waals surface area contributed by atoms with Gasteiger partial charge in [0.1, 0.15) is 12.4 Å². The van der Waals surface area contributed by atoms with E-state index in [0.29, 0.717) is 11.3 Å². The van der Waals surface area contributed by atoms with Gasteiger partial charge in [-0.2, -0.15) is 0 Å². The van der Waals surface area contributed by atoms with E-state index in [0.717, 1.165) is 5.56 Å². The summed E-state index contributed by atoms with van der Waals surface area (Å²) in [5.41, 5.74) is 1.32. The number of amides is 1. The first-order valence-corrected chi connectivity index (χ1v) is 4.68. The summed E-state index contributed by atoms with van der Waals surface area (Å²) < 4.78 is 17.0. The van der Waals surface area contributed by atoms with Crippen LogP contribution in [-0.4, -0.2) is 26.2 Å². The third-order valence-electron chi connectivity index (χ3n) is 2.04. The molecule has 4 heteroatoms. The molecule has 82 valence electrons.